The van der Waals surface area contributed by atoms with Gasteiger partial charge in [0.25, 0.3) is 11.2 Å². The number of nitro groups is 1. The molecule has 3 rings (SSSR count). The Hall–Kier alpha value is -3.46. The van der Waals surface area contributed by atoms with Gasteiger partial charge >= 0.3 is 0 Å². The summed E-state index contributed by atoms with van der Waals surface area (Å²) < 4.78 is 3.09. The Morgan fingerprint density at radius 3 is 2.82 bits per heavy atom. The van der Waals surface area contributed by atoms with Gasteiger partial charge in [0.1, 0.15) is 5.69 Å². The molecule has 2 N–H and O–H groups in total. The van der Waals surface area contributed by atoms with Gasteiger partial charge in [-0.1, -0.05) is 12.1 Å². The van der Waals surface area contributed by atoms with E-state index in [1.165, 1.54) is 10.6 Å². The van der Waals surface area contributed by atoms with Gasteiger partial charge in [-0.25, -0.2) is 0 Å². The van der Waals surface area contributed by atoms with Crippen molar-refractivity contribution in [2.75, 3.05) is 0 Å². The normalized spacial score (nSPS) is 10.8. The number of H-pyrrole nitrogens is 1. The van der Waals surface area contributed by atoms with Crippen molar-refractivity contribution in [1.29, 1.82) is 0 Å². The molecule has 0 atom stereocenters. The first kappa shape index (κ1) is 19.3. The fraction of sp³-hybridized carbons (Fsp3) is 0.158. The van der Waals surface area contributed by atoms with Crippen LogP contribution in [-0.2, 0) is 13.0 Å². The van der Waals surface area contributed by atoms with Gasteiger partial charge in [-0.2, -0.15) is 0 Å². The summed E-state index contributed by atoms with van der Waals surface area (Å²) in [7, 11) is 0. The third-order valence-electron chi connectivity index (χ3n) is 4.36. The summed E-state index contributed by atoms with van der Waals surface area (Å²) in [6.45, 7) is 5.63. The molecular weight excluding hydrogens is 380 g/mol. The number of nitro benzene ring substituents is 1. The minimum atomic E-state index is -0.506. The van der Waals surface area contributed by atoms with Crippen LogP contribution in [0.25, 0.3) is 5.69 Å². The molecule has 8 nitrogen and oxygen atoms in total. The third-order valence-corrected chi connectivity index (χ3v) is 4.68. The Kier molecular flexibility index (Phi) is 5.27. The van der Waals surface area contributed by atoms with Crippen molar-refractivity contribution in [1.82, 2.24) is 14.1 Å². The maximum Gasteiger partial charge on any atom is 0.293 e. The van der Waals surface area contributed by atoms with E-state index < -0.39 is 10.5 Å². The molecule has 28 heavy (non-hydrogen) atoms. The van der Waals surface area contributed by atoms with Crippen molar-refractivity contribution >= 4 is 17.9 Å². The van der Waals surface area contributed by atoms with Crippen LogP contribution in [0.1, 0.15) is 16.8 Å². The molecule has 2 heterocycles. The van der Waals surface area contributed by atoms with E-state index in [9.17, 15) is 20.0 Å². The number of allylic oxidation sites excluding steroid dienone is 1. The number of benzene rings is 1. The molecule has 0 amide bonds. The van der Waals surface area contributed by atoms with Crippen LogP contribution in [0, 0.1) is 21.8 Å². The predicted molar refractivity (Wildman–Crippen MR) is 108 cm³/mol. The maximum absolute atomic E-state index is 12.4. The highest BCUT2D eigenvalue weighted by Gasteiger charge is 2.19. The minimum absolute atomic E-state index is 0.0433. The van der Waals surface area contributed by atoms with Crippen LogP contribution in [0.4, 0.5) is 5.69 Å². The molecular formula is C19H18N4O4S. The number of nitrogens with zero attached hydrogens (tertiary/aromatic N) is 3. The first-order valence-corrected chi connectivity index (χ1v) is 8.81. The quantitative estimate of drug-likeness (QED) is 0.286. The van der Waals surface area contributed by atoms with Crippen molar-refractivity contribution in [3.63, 3.8) is 0 Å². The molecule has 0 unspecified atom stereocenters. The Bertz CT molecular complexity index is 1190. The van der Waals surface area contributed by atoms with Gasteiger partial charge in [0.05, 0.1) is 10.5 Å². The standard InChI is InChI=1S/C19H18N4O4S/c1-3-8-22-18(25)14(17(24)20-19(22)28)11-13-5-4-9-21(13)15-7-6-12(2)10-16(15)23(26)27/h3-7,9-10,25H,1,8,11H2,2H3,(H,20,24,28). The van der Waals surface area contributed by atoms with Crippen molar-refractivity contribution in [3.8, 4) is 11.6 Å². The SMILES string of the molecule is C=CCn1c(O)c(Cc2cccn2-c2ccc(C)cc2[N+](=O)[O-])c(=O)[nH]c1=S. The van der Waals surface area contributed by atoms with Crippen molar-refractivity contribution in [3.05, 3.63) is 91.2 Å². The second-order valence-electron chi connectivity index (χ2n) is 6.26. The van der Waals surface area contributed by atoms with Crippen LogP contribution in [0.15, 0.2) is 54.0 Å². The van der Waals surface area contributed by atoms with E-state index in [1.807, 2.05) is 0 Å². The molecule has 0 fully saturated rings. The average Bonchev–Trinajstić information content (AvgIpc) is 3.10. The smallest absolute Gasteiger partial charge is 0.293 e. The zero-order valence-electron chi connectivity index (χ0n) is 15.1. The Morgan fingerprint density at radius 2 is 2.14 bits per heavy atom. The van der Waals surface area contributed by atoms with Crippen LogP contribution in [0.2, 0.25) is 0 Å². The highest BCUT2D eigenvalue weighted by atomic mass is 32.1. The largest absolute Gasteiger partial charge is 0.494 e. The molecule has 0 aliphatic heterocycles. The molecule has 0 aliphatic carbocycles. The molecule has 1 aromatic carbocycles. The summed E-state index contributed by atoms with van der Waals surface area (Å²) in [5.41, 5.74) is 1.32. The molecule has 3 aromatic rings. The van der Waals surface area contributed by atoms with E-state index in [-0.39, 0.29) is 34.9 Å². The monoisotopic (exact) mass is 398 g/mol. The number of aromatic hydroxyl groups is 1. The number of nitrogens with one attached hydrogen (secondary N) is 1. The molecule has 0 saturated heterocycles. The van der Waals surface area contributed by atoms with E-state index in [0.29, 0.717) is 11.4 Å². The number of hydrogen-bond donors (Lipinski definition) is 2. The van der Waals surface area contributed by atoms with Crippen molar-refractivity contribution in [2.45, 2.75) is 19.9 Å². The van der Waals surface area contributed by atoms with Crippen LogP contribution < -0.4 is 5.56 Å². The molecule has 0 radical (unpaired) electrons. The first-order chi connectivity index (χ1) is 13.3. The lowest BCUT2D eigenvalue weighted by Gasteiger charge is -2.13. The van der Waals surface area contributed by atoms with Crippen LogP contribution >= 0.6 is 12.2 Å². The fourth-order valence-electron chi connectivity index (χ4n) is 3.02. The maximum atomic E-state index is 12.4. The van der Waals surface area contributed by atoms with Crippen LogP contribution in [-0.4, -0.2) is 24.1 Å². The van der Waals surface area contributed by atoms with E-state index >= 15 is 0 Å². The van der Waals surface area contributed by atoms with Gasteiger partial charge in [-0.05, 0) is 42.9 Å². The molecule has 0 saturated carbocycles. The topological polar surface area (TPSA) is 106 Å². The molecule has 0 bridgehead atoms. The van der Waals surface area contributed by atoms with Crippen molar-refractivity contribution in [2.24, 2.45) is 0 Å². The average molecular weight is 398 g/mol. The predicted octanol–water partition coefficient (Wildman–Crippen LogP) is 3.40. The Balaban J connectivity index is 2.12. The van der Waals surface area contributed by atoms with Gasteiger partial charge in [0.2, 0.25) is 5.88 Å². The van der Waals surface area contributed by atoms with E-state index in [4.69, 9.17) is 12.2 Å². The second kappa shape index (κ2) is 7.65. The molecule has 0 spiro atoms. The molecule has 9 heteroatoms. The van der Waals surface area contributed by atoms with Gasteiger partial charge in [-0.3, -0.25) is 24.5 Å². The van der Waals surface area contributed by atoms with Crippen LogP contribution in [0.3, 0.4) is 0 Å². The fourth-order valence-corrected chi connectivity index (χ4v) is 3.27. The lowest BCUT2D eigenvalue weighted by atomic mass is 10.1. The number of aryl methyl sites for hydroxylation is 1. The number of hydrogen-bond acceptors (Lipinski definition) is 5. The van der Waals surface area contributed by atoms with Gasteiger partial charge in [-0.15, -0.1) is 6.58 Å². The Labute approximate surface area is 165 Å². The second-order valence-corrected chi connectivity index (χ2v) is 6.64. The lowest BCUT2D eigenvalue weighted by molar-refractivity contribution is -0.384. The first-order valence-electron chi connectivity index (χ1n) is 8.41. The van der Waals surface area contributed by atoms with E-state index in [0.717, 1.165) is 5.56 Å². The van der Waals surface area contributed by atoms with Crippen molar-refractivity contribution < 1.29 is 10.0 Å². The zero-order valence-corrected chi connectivity index (χ0v) is 15.9. The van der Waals surface area contributed by atoms with Gasteiger partial charge in [0.15, 0.2) is 4.77 Å². The third kappa shape index (κ3) is 3.52. The van der Waals surface area contributed by atoms with Gasteiger partial charge in [0, 0.05) is 30.9 Å². The lowest BCUT2D eigenvalue weighted by Crippen LogP contribution is -2.20. The summed E-state index contributed by atoms with van der Waals surface area (Å²) >= 11 is 5.08. The van der Waals surface area contributed by atoms with E-state index in [1.54, 1.807) is 48.0 Å². The summed E-state index contributed by atoms with van der Waals surface area (Å²) in [6, 6.07) is 8.39. The van der Waals surface area contributed by atoms with E-state index in [2.05, 4.69) is 11.6 Å². The highest BCUT2D eigenvalue weighted by molar-refractivity contribution is 7.71. The minimum Gasteiger partial charge on any atom is -0.494 e. The summed E-state index contributed by atoms with van der Waals surface area (Å²) in [5, 5.41) is 22.0. The molecule has 0 aliphatic rings. The number of aromatic nitrogens is 3. The molecule has 2 aromatic heterocycles. The summed E-state index contributed by atoms with van der Waals surface area (Å²) in [4.78, 5) is 25.9. The summed E-state index contributed by atoms with van der Waals surface area (Å²) in [6.07, 6.45) is 3.29. The summed E-state index contributed by atoms with van der Waals surface area (Å²) in [5.74, 6) is -0.250. The number of rotatable bonds is 6. The van der Waals surface area contributed by atoms with Crippen LogP contribution in [0.5, 0.6) is 5.88 Å². The highest BCUT2D eigenvalue weighted by Crippen LogP contribution is 2.27. The Morgan fingerprint density at radius 1 is 1.39 bits per heavy atom. The molecule has 144 valence electrons. The van der Waals surface area contributed by atoms with Gasteiger partial charge < -0.3 is 9.67 Å². The number of aromatic amines is 1. The zero-order chi connectivity index (χ0) is 20.4.